The average Bonchev–Trinajstić information content (AvgIpc) is 2.08. The van der Waals surface area contributed by atoms with Crippen LogP contribution in [0.3, 0.4) is 0 Å². The first kappa shape index (κ1) is 9.09. The molecule has 1 aromatic rings. The normalized spacial score (nSPS) is 9.00. The number of aliphatic imine (C=N–C) groups is 1. The summed E-state index contributed by atoms with van der Waals surface area (Å²) in [5, 5.41) is 10.3. The Bertz CT molecular complexity index is 394. The van der Waals surface area contributed by atoms with Crippen LogP contribution in [-0.4, -0.2) is 11.0 Å². The van der Waals surface area contributed by atoms with Gasteiger partial charge in [0.15, 0.2) is 0 Å². The Balaban J connectivity index is 3.26. The maximum absolute atomic E-state index is 10.3. The van der Waals surface area contributed by atoms with E-state index in [4.69, 9.17) is 0 Å². The lowest BCUT2D eigenvalue weighted by atomic mass is 10.2. The number of aryl methyl sites for hydroxylation is 1. The molecule has 0 fully saturated rings. The number of nitro groups is 1. The van der Waals surface area contributed by atoms with Crippen molar-refractivity contribution < 1.29 is 9.72 Å². The zero-order valence-corrected chi connectivity index (χ0v) is 6.85. The van der Waals surface area contributed by atoms with Crippen LogP contribution in [0.15, 0.2) is 23.2 Å². The SMILES string of the molecule is Cc1ccc([N+](=O)[O-])cc1N=C=O. The molecule has 0 heterocycles. The van der Waals surface area contributed by atoms with Gasteiger partial charge >= 0.3 is 0 Å². The molecule has 0 spiro atoms. The molecule has 0 bridgehead atoms. The molecule has 66 valence electrons. The predicted molar refractivity (Wildman–Crippen MR) is 45.6 cm³/mol. The molecule has 0 aliphatic carbocycles. The van der Waals surface area contributed by atoms with Crippen LogP contribution in [0.25, 0.3) is 0 Å². The lowest BCUT2D eigenvalue weighted by Gasteiger charge is -1.96. The van der Waals surface area contributed by atoms with Crippen molar-refractivity contribution in [2.75, 3.05) is 0 Å². The molecule has 0 aliphatic heterocycles. The minimum absolute atomic E-state index is 0.0837. The fraction of sp³-hybridized carbons (Fsp3) is 0.125. The highest BCUT2D eigenvalue weighted by molar-refractivity contribution is 5.57. The summed E-state index contributed by atoms with van der Waals surface area (Å²) in [6.07, 6.45) is 1.34. The summed E-state index contributed by atoms with van der Waals surface area (Å²) >= 11 is 0. The van der Waals surface area contributed by atoms with E-state index in [1.807, 2.05) is 0 Å². The highest BCUT2D eigenvalue weighted by atomic mass is 16.6. The van der Waals surface area contributed by atoms with Gasteiger partial charge in [-0.25, -0.2) is 4.79 Å². The van der Waals surface area contributed by atoms with E-state index in [9.17, 15) is 14.9 Å². The van der Waals surface area contributed by atoms with Crippen LogP contribution in [0.5, 0.6) is 0 Å². The third-order valence-corrected chi connectivity index (χ3v) is 1.57. The van der Waals surface area contributed by atoms with Crippen LogP contribution in [0, 0.1) is 17.0 Å². The van der Waals surface area contributed by atoms with Gasteiger partial charge in [-0.05, 0) is 12.5 Å². The molecule has 0 radical (unpaired) electrons. The second-order valence-electron chi connectivity index (χ2n) is 2.43. The average molecular weight is 178 g/mol. The molecule has 5 nitrogen and oxygen atoms in total. The Hall–Kier alpha value is -2.00. The largest absolute Gasteiger partial charge is 0.271 e. The van der Waals surface area contributed by atoms with Crippen LogP contribution in [0.1, 0.15) is 5.56 Å². The van der Waals surface area contributed by atoms with Gasteiger partial charge in [0.25, 0.3) is 5.69 Å². The van der Waals surface area contributed by atoms with E-state index in [1.165, 1.54) is 24.3 Å². The number of nitrogens with zero attached hydrogens (tertiary/aromatic N) is 2. The van der Waals surface area contributed by atoms with Crippen molar-refractivity contribution in [2.24, 2.45) is 4.99 Å². The molecule has 0 atom stereocenters. The molecule has 0 saturated heterocycles. The molecular weight excluding hydrogens is 172 g/mol. The van der Waals surface area contributed by atoms with Crippen molar-refractivity contribution in [1.82, 2.24) is 0 Å². The Labute approximate surface area is 73.9 Å². The van der Waals surface area contributed by atoms with Gasteiger partial charge in [-0.3, -0.25) is 10.1 Å². The van der Waals surface area contributed by atoms with Crippen LogP contribution in [0.4, 0.5) is 11.4 Å². The second kappa shape index (κ2) is 3.60. The second-order valence-corrected chi connectivity index (χ2v) is 2.43. The summed E-state index contributed by atoms with van der Waals surface area (Å²) < 4.78 is 0. The summed E-state index contributed by atoms with van der Waals surface area (Å²) in [4.78, 5) is 23.1. The molecule has 0 saturated carbocycles. The third kappa shape index (κ3) is 1.98. The standard InChI is InChI=1S/C8H6N2O3/c1-6-2-3-7(10(12)13)4-8(6)9-5-11/h2-4H,1H3. The molecule has 0 amide bonds. The molecule has 0 unspecified atom stereocenters. The molecule has 1 aromatic carbocycles. The Morgan fingerprint density at radius 2 is 2.23 bits per heavy atom. The van der Waals surface area contributed by atoms with E-state index in [0.29, 0.717) is 5.56 Å². The molecule has 5 heteroatoms. The number of isocyanates is 1. The van der Waals surface area contributed by atoms with Gasteiger partial charge in [0, 0.05) is 12.1 Å². The number of non-ortho nitro benzene ring substituents is 1. The number of benzene rings is 1. The van der Waals surface area contributed by atoms with E-state index in [0.717, 1.165) is 0 Å². The van der Waals surface area contributed by atoms with Crippen LogP contribution in [-0.2, 0) is 4.79 Å². The fourth-order valence-corrected chi connectivity index (χ4v) is 0.881. The number of hydrogen-bond donors (Lipinski definition) is 0. The van der Waals surface area contributed by atoms with Gasteiger partial charge in [0.2, 0.25) is 6.08 Å². The summed E-state index contributed by atoms with van der Waals surface area (Å²) in [6.45, 7) is 1.71. The minimum atomic E-state index is -0.538. The van der Waals surface area contributed by atoms with Crippen molar-refractivity contribution in [1.29, 1.82) is 0 Å². The minimum Gasteiger partial charge on any atom is -0.258 e. The third-order valence-electron chi connectivity index (χ3n) is 1.57. The van der Waals surface area contributed by atoms with E-state index in [-0.39, 0.29) is 11.4 Å². The van der Waals surface area contributed by atoms with Gasteiger partial charge in [0.05, 0.1) is 10.6 Å². The van der Waals surface area contributed by atoms with E-state index < -0.39 is 4.92 Å². The van der Waals surface area contributed by atoms with Crippen molar-refractivity contribution >= 4 is 17.5 Å². The van der Waals surface area contributed by atoms with Gasteiger partial charge in [-0.15, -0.1) is 0 Å². The van der Waals surface area contributed by atoms with Crippen molar-refractivity contribution in [3.8, 4) is 0 Å². The van der Waals surface area contributed by atoms with Crippen LogP contribution >= 0.6 is 0 Å². The Morgan fingerprint density at radius 3 is 2.77 bits per heavy atom. The van der Waals surface area contributed by atoms with Crippen molar-refractivity contribution in [3.05, 3.63) is 33.9 Å². The predicted octanol–water partition coefficient (Wildman–Crippen LogP) is 1.87. The van der Waals surface area contributed by atoms with Gasteiger partial charge in [-0.1, -0.05) is 6.07 Å². The van der Waals surface area contributed by atoms with E-state index >= 15 is 0 Å². The summed E-state index contributed by atoms with van der Waals surface area (Å²) in [5.41, 5.74) is 0.901. The fourth-order valence-electron chi connectivity index (χ4n) is 0.881. The zero-order chi connectivity index (χ0) is 9.84. The van der Waals surface area contributed by atoms with Gasteiger partial charge in [-0.2, -0.15) is 4.99 Å². The van der Waals surface area contributed by atoms with Crippen LogP contribution < -0.4 is 0 Å². The first-order chi connectivity index (χ1) is 6.15. The van der Waals surface area contributed by atoms with Crippen LogP contribution in [0.2, 0.25) is 0 Å². The van der Waals surface area contributed by atoms with Gasteiger partial charge in [0.1, 0.15) is 0 Å². The number of nitro benzene ring substituents is 1. The zero-order valence-electron chi connectivity index (χ0n) is 6.85. The maximum Gasteiger partial charge on any atom is 0.271 e. The number of hydrogen-bond acceptors (Lipinski definition) is 4. The lowest BCUT2D eigenvalue weighted by molar-refractivity contribution is -0.384. The van der Waals surface area contributed by atoms with E-state index in [1.54, 1.807) is 6.92 Å². The highest BCUT2D eigenvalue weighted by Crippen LogP contribution is 2.23. The molecule has 0 aromatic heterocycles. The van der Waals surface area contributed by atoms with Gasteiger partial charge < -0.3 is 0 Å². The Morgan fingerprint density at radius 1 is 1.54 bits per heavy atom. The molecule has 1 rings (SSSR count). The quantitative estimate of drug-likeness (QED) is 0.300. The first-order valence-corrected chi connectivity index (χ1v) is 3.48. The van der Waals surface area contributed by atoms with Crippen molar-refractivity contribution in [2.45, 2.75) is 6.92 Å². The highest BCUT2D eigenvalue weighted by Gasteiger charge is 2.07. The maximum atomic E-state index is 10.3. The summed E-state index contributed by atoms with van der Waals surface area (Å²) in [6, 6.07) is 4.13. The number of carbonyl (C=O) groups excluding carboxylic acids is 1. The van der Waals surface area contributed by atoms with E-state index in [2.05, 4.69) is 4.99 Å². The Kier molecular flexibility index (Phi) is 2.52. The lowest BCUT2D eigenvalue weighted by Crippen LogP contribution is -1.87. The summed E-state index contributed by atoms with van der Waals surface area (Å²) in [5.74, 6) is 0. The molecule has 0 N–H and O–H groups in total. The van der Waals surface area contributed by atoms with Crippen molar-refractivity contribution in [3.63, 3.8) is 0 Å². The topological polar surface area (TPSA) is 72.6 Å². The summed E-state index contributed by atoms with van der Waals surface area (Å²) in [7, 11) is 0. The molecule has 13 heavy (non-hydrogen) atoms. The smallest absolute Gasteiger partial charge is 0.258 e. The monoisotopic (exact) mass is 178 g/mol. The molecule has 0 aliphatic rings. The number of rotatable bonds is 2. The first-order valence-electron chi connectivity index (χ1n) is 3.48. The molecular formula is C8H6N2O3.